The quantitative estimate of drug-likeness (QED) is 0.401. The van der Waals surface area contributed by atoms with Crippen molar-refractivity contribution in [1.82, 2.24) is 0 Å². The molecule has 0 rings (SSSR count). The van der Waals surface area contributed by atoms with E-state index in [4.69, 9.17) is 0 Å². The Bertz CT molecular complexity index is 216. The third-order valence-corrected chi connectivity index (χ3v) is 3.74. The molecule has 0 aromatic heterocycles. The lowest BCUT2D eigenvalue weighted by atomic mass is 10.1. The number of unbranched alkanes of at least 4 members (excludes halogenated alkanes) is 5. The van der Waals surface area contributed by atoms with Crippen LogP contribution in [-0.2, 0) is 0 Å². The van der Waals surface area contributed by atoms with E-state index in [9.17, 15) is 18.0 Å². The van der Waals surface area contributed by atoms with E-state index in [-0.39, 0.29) is 18.2 Å². The monoisotopic (exact) mass is 270 g/mol. The fraction of sp³-hybridized carbons (Fsp3) is 0.917. The van der Waals surface area contributed by atoms with Crippen molar-refractivity contribution in [3.8, 4) is 0 Å². The van der Waals surface area contributed by atoms with Gasteiger partial charge in [0.2, 0.25) is 0 Å². The molecule has 1 atom stereocenters. The van der Waals surface area contributed by atoms with Crippen LogP contribution in [0, 0.1) is 0 Å². The smallest absolute Gasteiger partial charge is 0.248 e. The number of rotatable bonds is 9. The number of hydrogen-bond donors (Lipinski definition) is 0. The van der Waals surface area contributed by atoms with Crippen LogP contribution in [0.5, 0.6) is 0 Å². The van der Waals surface area contributed by atoms with Crippen LogP contribution < -0.4 is 0 Å². The van der Waals surface area contributed by atoms with Gasteiger partial charge in [-0.1, -0.05) is 45.4 Å². The lowest BCUT2D eigenvalue weighted by molar-refractivity contribution is 0.0171. The van der Waals surface area contributed by atoms with Crippen molar-refractivity contribution in [2.75, 3.05) is 0 Å². The average Bonchev–Trinajstić information content (AvgIpc) is 2.19. The Kier molecular flexibility index (Phi) is 8.74. The zero-order chi connectivity index (χ0) is 13.3. The molecule has 0 aliphatic rings. The molecule has 0 bridgehead atoms. The Morgan fingerprint density at radius 2 is 1.71 bits per heavy atom. The second-order valence-electron chi connectivity index (χ2n) is 4.36. The highest BCUT2D eigenvalue weighted by Crippen LogP contribution is 2.33. The van der Waals surface area contributed by atoms with Crippen LogP contribution in [0.2, 0.25) is 0 Å². The summed E-state index contributed by atoms with van der Waals surface area (Å²) in [6, 6.07) is 0. The van der Waals surface area contributed by atoms with Crippen LogP contribution in [0.1, 0.15) is 58.8 Å². The van der Waals surface area contributed by atoms with Gasteiger partial charge < -0.3 is 0 Å². The Morgan fingerprint density at radius 3 is 2.18 bits per heavy atom. The summed E-state index contributed by atoms with van der Waals surface area (Å²) in [5.41, 5.74) is 0. The summed E-state index contributed by atoms with van der Waals surface area (Å²) in [5.74, 6) is -3.00. The van der Waals surface area contributed by atoms with Crippen LogP contribution in [0.15, 0.2) is 0 Å². The van der Waals surface area contributed by atoms with Crippen LogP contribution in [0.3, 0.4) is 0 Å². The molecule has 0 aliphatic heterocycles. The van der Waals surface area contributed by atoms with Gasteiger partial charge in [-0.2, -0.15) is 4.39 Å². The zero-order valence-electron chi connectivity index (χ0n) is 10.5. The lowest BCUT2D eigenvalue weighted by Gasteiger charge is -2.20. The van der Waals surface area contributed by atoms with E-state index in [1.54, 1.807) is 0 Å². The van der Waals surface area contributed by atoms with E-state index in [2.05, 4.69) is 6.92 Å². The maximum atomic E-state index is 13.0. The molecular formula is C12H21F3OS. The molecule has 0 aliphatic carbocycles. The molecular weight excluding hydrogens is 249 g/mol. The fourth-order valence-electron chi connectivity index (χ4n) is 1.64. The molecule has 0 saturated heterocycles. The topological polar surface area (TPSA) is 17.1 Å². The first-order valence-electron chi connectivity index (χ1n) is 6.11. The number of halogens is 3. The van der Waals surface area contributed by atoms with Crippen LogP contribution in [0.4, 0.5) is 18.0 Å². The minimum absolute atomic E-state index is 0.119. The van der Waals surface area contributed by atoms with E-state index < -0.39 is 16.5 Å². The summed E-state index contributed by atoms with van der Waals surface area (Å²) in [4.78, 5) is 10.2. The molecule has 0 fully saturated rings. The highest BCUT2D eigenvalue weighted by Gasteiger charge is 2.35. The number of hydrogen-bond acceptors (Lipinski definition) is 2. The largest absolute Gasteiger partial charge is 0.359 e. The molecule has 102 valence electrons. The standard InChI is InChI=1S/C12H21F3OS/c1-3-4-5-6-7-8-9-10(12(2,14)15)17-11(13)16/h10H,3-9H2,1-2H3. The van der Waals surface area contributed by atoms with Crippen LogP contribution in [-0.4, -0.2) is 16.5 Å². The summed E-state index contributed by atoms with van der Waals surface area (Å²) in [6.07, 6.45) is 6.11. The first-order valence-corrected chi connectivity index (χ1v) is 6.99. The summed E-state index contributed by atoms with van der Waals surface area (Å²) >= 11 is 0.119. The van der Waals surface area contributed by atoms with E-state index in [0.29, 0.717) is 6.42 Å². The third-order valence-electron chi connectivity index (χ3n) is 2.62. The van der Waals surface area contributed by atoms with Gasteiger partial charge in [0.1, 0.15) is 0 Å². The van der Waals surface area contributed by atoms with Gasteiger partial charge in [-0.15, -0.1) is 0 Å². The molecule has 0 aromatic rings. The molecule has 0 spiro atoms. The van der Waals surface area contributed by atoms with Crippen molar-refractivity contribution in [3.05, 3.63) is 0 Å². The first kappa shape index (κ1) is 16.8. The van der Waals surface area contributed by atoms with Crippen LogP contribution >= 0.6 is 11.8 Å². The summed E-state index contributed by atoms with van der Waals surface area (Å²) < 4.78 is 38.2. The van der Waals surface area contributed by atoms with E-state index in [1.165, 1.54) is 0 Å². The maximum absolute atomic E-state index is 13.0. The van der Waals surface area contributed by atoms with Crippen molar-refractivity contribution < 1.29 is 18.0 Å². The molecule has 1 unspecified atom stereocenters. The number of thioether (sulfide) groups is 1. The average molecular weight is 270 g/mol. The first-order chi connectivity index (χ1) is 7.88. The lowest BCUT2D eigenvalue weighted by Crippen LogP contribution is -2.27. The summed E-state index contributed by atoms with van der Waals surface area (Å²) in [7, 11) is 0. The Labute approximate surface area is 106 Å². The van der Waals surface area contributed by atoms with Crippen molar-refractivity contribution in [2.24, 2.45) is 0 Å². The minimum Gasteiger partial charge on any atom is -0.248 e. The summed E-state index contributed by atoms with van der Waals surface area (Å²) in [5, 5.41) is -2.95. The van der Waals surface area contributed by atoms with Crippen molar-refractivity contribution >= 4 is 17.1 Å². The molecule has 0 radical (unpaired) electrons. The Balaban J connectivity index is 3.81. The van der Waals surface area contributed by atoms with Gasteiger partial charge in [-0.3, -0.25) is 0 Å². The number of carbonyl (C=O) groups is 1. The van der Waals surface area contributed by atoms with Gasteiger partial charge in [0.05, 0.1) is 5.25 Å². The van der Waals surface area contributed by atoms with Crippen molar-refractivity contribution in [2.45, 2.75) is 70.0 Å². The van der Waals surface area contributed by atoms with E-state index in [1.807, 2.05) is 0 Å². The molecule has 0 aromatic carbocycles. The predicted octanol–water partition coefficient (Wildman–Crippen LogP) is 5.58. The van der Waals surface area contributed by atoms with Crippen LogP contribution in [0.25, 0.3) is 0 Å². The Hall–Kier alpha value is -0.190. The molecule has 5 heteroatoms. The SMILES string of the molecule is CCCCCCCCC(SC(=O)F)C(C)(F)F. The Morgan fingerprint density at radius 1 is 1.18 bits per heavy atom. The number of carbonyl (C=O) groups excluding carboxylic acids is 1. The van der Waals surface area contributed by atoms with Gasteiger partial charge in [-0.25, -0.2) is 13.6 Å². The predicted molar refractivity (Wildman–Crippen MR) is 66.5 cm³/mol. The molecule has 0 N–H and O–H groups in total. The molecule has 0 saturated carbocycles. The summed E-state index contributed by atoms with van der Waals surface area (Å²) in [6.45, 7) is 2.85. The molecule has 0 heterocycles. The fourth-order valence-corrected chi connectivity index (χ4v) is 2.35. The third kappa shape index (κ3) is 9.51. The number of alkyl halides is 2. The zero-order valence-corrected chi connectivity index (χ0v) is 11.3. The molecule has 1 nitrogen and oxygen atoms in total. The normalized spacial score (nSPS) is 13.7. The highest BCUT2D eigenvalue weighted by molar-refractivity contribution is 8.13. The minimum atomic E-state index is -3.00. The van der Waals surface area contributed by atoms with Crippen molar-refractivity contribution in [3.63, 3.8) is 0 Å². The second kappa shape index (κ2) is 8.84. The molecule has 17 heavy (non-hydrogen) atoms. The maximum Gasteiger partial charge on any atom is 0.359 e. The van der Waals surface area contributed by atoms with Gasteiger partial charge >= 0.3 is 5.37 Å². The van der Waals surface area contributed by atoms with Crippen molar-refractivity contribution in [1.29, 1.82) is 0 Å². The van der Waals surface area contributed by atoms with E-state index in [0.717, 1.165) is 39.0 Å². The van der Waals surface area contributed by atoms with Gasteiger partial charge in [0, 0.05) is 6.92 Å². The van der Waals surface area contributed by atoms with E-state index >= 15 is 0 Å². The van der Waals surface area contributed by atoms with Gasteiger partial charge in [0.15, 0.2) is 0 Å². The van der Waals surface area contributed by atoms with Gasteiger partial charge in [0.25, 0.3) is 5.92 Å². The highest BCUT2D eigenvalue weighted by atomic mass is 32.2. The molecule has 0 amide bonds. The van der Waals surface area contributed by atoms with Gasteiger partial charge in [-0.05, 0) is 18.2 Å². The second-order valence-corrected chi connectivity index (χ2v) is 5.48.